The van der Waals surface area contributed by atoms with Crippen LogP contribution in [-0.4, -0.2) is 11.0 Å². The molecule has 2 aliphatic rings. The summed E-state index contributed by atoms with van der Waals surface area (Å²) in [6.45, 7) is 6.42. The maximum Gasteiger partial charge on any atom is 0.167 e. The third-order valence-electron chi connectivity index (χ3n) is 5.65. The third kappa shape index (κ3) is 1.59. The summed E-state index contributed by atoms with van der Waals surface area (Å²) in [7, 11) is 0. The van der Waals surface area contributed by atoms with Gasteiger partial charge in [0.1, 0.15) is 0 Å². The summed E-state index contributed by atoms with van der Waals surface area (Å²) < 4.78 is 0. The smallest absolute Gasteiger partial charge is 0.167 e. The van der Waals surface area contributed by atoms with Crippen LogP contribution < -0.4 is 5.06 Å². The van der Waals surface area contributed by atoms with Crippen molar-refractivity contribution in [2.45, 2.75) is 33.6 Å². The number of carbonyl (C=O) groups is 1. The molecule has 2 aliphatic carbocycles. The van der Waals surface area contributed by atoms with Gasteiger partial charge in [-0.15, -0.1) is 0 Å². The number of fused-ring (bicyclic) bond motifs is 2. The Kier molecular flexibility index (Phi) is 2.80. The molecule has 0 radical (unpaired) electrons. The van der Waals surface area contributed by atoms with Crippen LogP contribution in [0.5, 0.6) is 0 Å². The van der Waals surface area contributed by atoms with Crippen molar-refractivity contribution in [3.05, 3.63) is 42.1 Å². The van der Waals surface area contributed by atoms with Crippen LogP contribution >= 0.6 is 0 Å². The van der Waals surface area contributed by atoms with Crippen molar-refractivity contribution >= 4 is 11.5 Å². The lowest BCUT2D eigenvalue weighted by molar-refractivity contribution is -0.125. The van der Waals surface area contributed by atoms with Crippen LogP contribution in [0.1, 0.15) is 33.6 Å². The minimum absolute atomic E-state index is 0.0204. The number of para-hydroxylation sites is 1. The molecule has 20 heavy (non-hydrogen) atoms. The predicted molar refractivity (Wildman–Crippen MR) is 78.4 cm³/mol. The van der Waals surface area contributed by atoms with Crippen molar-refractivity contribution < 1.29 is 10.0 Å². The van der Waals surface area contributed by atoms with Gasteiger partial charge in [-0.25, -0.2) is 5.06 Å². The maximum atomic E-state index is 12.7. The fourth-order valence-electron chi connectivity index (χ4n) is 3.86. The van der Waals surface area contributed by atoms with Gasteiger partial charge in [0.15, 0.2) is 5.78 Å². The van der Waals surface area contributed by atoms with Crippen LogP contribution in [0.15, 0.2) is 42.1 Å². The highest BCUT2D eigenvalue weighted by atomic mass is 16.5. The number of hydroxylamine groups is 1. The van der Waals surface area contributed by atoms with Crippen molar-refractivity contribution in [2.24, 2.45) is 16.7 Å². The van der Waals surface area contributed by atoms with Crippen molar-refractivity contribution in [3.63, 3.8) is 0 Å². The van der Waals surface area contributed by atoms with Crippen molar-refractivity contribution in [1.29, 1.82) is 0 Å². The molecule has 0 aliphatic heterocycles. The Hall–Kier alpha value is -1.61. The van der Waals surface area contributed by atoms with Crippen LogP contribution in [0, 0.1) is 16.7 Å². The normalized spacial score (nSPS) is 32.9. The van der Waals surface area contributed by atoms with Crippen LogP contribution in [-0.2, 0) is 4.79 Å². The molecule has 2 bridgehead atoms. The fraction of sp³-hybridized carbons (Fsp3) is 0.471. The van der Waals surface area contributed by atoms with E-state index in [4.69, 9.17) is 0 Å². The Labute approximate surface area is 119 Å². The quantitative estimate of drug-likeness (QED) is 0.657. The minimum atomic E-state index is -0.277. The molecule has 3 heteroatoms. The molecule has 3 rings (SSSR count). The highest BCUT2D eigenvalue weighted by Gasteiger charge is 2.64. The number of rotatable bonds is 2. The number of hydrogen-bond acceptors (Lipinski definition) is 3. The van der Waals surface area contributed by atoms with E-state index in [9.17, 15) is 10.0 Å². The SMILES string of the molecule is CC1(C)[C@@H]2CC[C@@]1(C)C(=O)/C2=C\N(O)c1ccccc1. The standard InChI is InChI=1S/C17H21NO2/c1-16(2)14-9-10-17(16,3)15(19)13(14)11-18(20)12-7-5-4-6-8-12/h4-8,11,14,20H,9-10H2,1-3H3/b13-11-/t14-,17+/m1/s1. The summed E-state index contributed by atoms with van der Waals surface area (Å²) in [4.78, 5) is 12.7. The van der Waals surface area contributed by atoms with Crippen LogP contribution in [0.3, 0.4) is 0 Å². The van der Waals surface area contributed by atoms with Gasteiger partial charge in [-0.05, 0) is 36.3 Å². The summed E-state index contributed by atoms with van der Waals surface area (Å²) in [6, 6.07) is 9.27. The number of carbonyl (C=O) groups excluding carboxylic acids is 1. The molecule has 0 saturated heterocycles. The largest absolute Gasteiger partial charge is 0.294 e. The second kappa shape index (κ2) is 4.19. The van der Waals surface area contributed by atoms with Gasteiger partial charge in [-0.1, -0.05) is 39.0 Å². The maximum absolute atomic E-state index is 12.7. The number of anilines is 1. The third-order valence-corrected chi connectivity index (χ3v) is 5.65. The highest BCUT2D eigenvalue weighted by molar-refractivity contribution is 6.04. The van der Waals surface area contributed by atoms with E-state index in [1.165, 1.54) is 0 Å². The topological polar surface area (TPSA) is 40.5 Å². The Balaban J connectivity index is 1.96. The van der Waals surface area contributed by atoms with Gasteiger partial charge in [0.2, 0.25) is 0 Å². The zero-order valence-corrected chi connectivity index (χ0v) is 12.3. The lowest BCUT2D eigenvalue weighted by atomic mass is 9.70. The lowest BCUT2D eigenvalue weighted by Crippen LogP contribution is -2.32. The average Bonchev–Trinajstić information content (AvgIpc) is 2.74. The van der Waals surface area contributed by atoms with Crippen LogP contribution in [0.25, 0.3) is 0 Å². The molecule has 1 N–H and O–H groups in total. The van der Waals surface area contributed by atoms with Crippen LogP contribution in [0.2, 0.25) is 0 Å². The second-order valence-corrected chi connectivity index (χ2v) is 6.74. The second-order valence-electron chi connectivity index (χ2n) is 6.74. The van der Waals surface area contributed by atoms with E-state index in [1.54, 1.807) is 6.20 Å². The molecule has 106 valence electrons. The molecule has 0 unspecified atom stereocenters. The van der Waals surface area contributed by atoms with Gasteiger partial charge in [-0.2, -0.15) is 0 Å². The number of allylic oxidation sites excluding steroid dienone is 1. The molecule has 0 heterocycles. The van der Waals surface area contributed by atoms with Crippen molar-refractivity contribution in [2.75, 3.05) is 5.06 Å². The zero-order valence-electron chi connectivity index (χ0n) is 12.3. The first kappa shape index (κ1) is 13.4. The Morgan fingerprint density at radius 2 is 1.90 bits per heavy atom. The van der Waals surface area contributed by atoms with E-state index in [0.29, 0.717) is 5.69 Å². The van der Waals surface area contributed by atoms with E-state index < -0.39 is 0 Å². The van der Waals surface area contributed by atoms with Gasteiger partial charge >= 0.3 is 0 Å². The first-order valence-corrected chi connectivity index (χ1v) is 7.17. The molecule has 1 aromatic rings. The minimum Gasteiger partial charge on any atom is -0.294 e. The summed E-state index contributed by atoms with van der Waals surface area (Å²) >= 11 is 0. The first-order chi connectivity index (χ1) is 9.38. The van der Waals surface area contributed by atoms with Crippen molar-refractivity contribution in [1.82, 2.24) is 0 Å². The summed E-state index contributed by atoms with van der Waals surface area (Å²) in [5, 5.41) is 11.3. The summed E-state index contributed by atoms with van der Waals surface area (Å²) in [6.07, 6.45) is 3.61. The summed E-state index contributed by atoms with van der Waals surface area (Å²) in [5.41, 5.74) is 1.16. The molecule has 2 atom stereocenters. The van der Waals surface area contributed by atoms with E-state index in [2.05, 4.69) is 20.8 Å². The number of ketones is 1. The first-order valence-electron chi connectivity index (χ1n) is 7.17. The molecule has 2 fully saturated rings. The number of nitrogens with zero attached hydrogens (tertiary/aromatic N) is 1. The Morgan fingerprint density at radius 1 is 1.25 bits per heavy atom. The molecule has 2 saturated carbocycles. The monoisotopic (exact) mass is 271 g/mol. The predicted octanol–water partition coefficient (Wildman–Crippen LogP) is 3.79. The molecular formula is C17H21NO2. The van der Waals surface area contributed by atoms with Gasteiger partial charge in [0, 0.05) is 17.2 Å². The average molecular weight is 271 g/mol. The number of benzene rings is 1. The Morgan fingerprint density at radius 3 is 2.45 bits per heavy atom. The molecule has 0 aromatic heterocycles. The number of hydrogen-bond donors (Lipinski definition) is 1. The van der Waals surface area contributed by atoms with Gasteiger partial charge in [-0.3, -0.25) is 10.0 Å². The molecule has 1 aromatic carbocycles. The van der Waals surface area contributed by atoms with E-state index in [0.717, 1.165) is 23.5 Å². The van der Waals surface area contributed by atoms with E-state index in [-0.39, 0.29) is 22.5 Å². The van der Waals surface area contributed by atoms with Crippen LogP contribution in [0.4, 0.5) is 5.69 Å². The van der Waals surface area contributed by atoms with E-state index in [1.807, 2.05) is 30.3 Å². The van der Waals surface area contributed by atoms with Gasteiger partial charge in [0.05, 0.1) is 5.69 Å². The summed E-state index contributed by atoms with van der Waals surface area (Å²) in [5.74, 6) is 0.451. The Bertz CT molecular complexity index is 576. The number of Topliss-reactive ketones (excluding diaryl/α,β-unsaturated/α-hetero) is 1. The molecule has 0 amide bonds. The molecule has 3 nitrogen and oxygen atoms in total. The molecular weight excluding hydrogens is 250 g/mol. The lowest BCUT2D eigenvalue weighted by Gasteiger charge is -2.31. The van der Waals surface area contributed by atoms with Crippen molar-refractivity contribution in [3.8, 4) is 0 Å². The van der Waals surface area contributed by atoms with Gasteiger partial charge < -0.3 is 0 Å². The fourth-order valence-corrected chi connectivity index (χ4v) is 3.86. The highest BCUT2D eigenvalue weighted by Crippen LogP contribution is 2.65. The zero-order chi connectivity index (χ0) is 14.5. The van der Waals surface area contributed by atoms with Gasteiger partial charge in [0.25, 0.3) is 0 Å². The van der Waals surface area contributed by atoms with E-state index >= 15 is 0 Å². The molecule has 0 spiro atoms.